The van der Waals surface area contributed by atoms with E-state index in [0.717, 1.165) is 57.7 Å². The van der Waals surface area contributed by atoms with Crippen molar-refractivity contribution in [2.45, 2.75) is 69.5 Å². The van der Waals surface area contributed by atoms with Crippen molar-refractivity contribution in [1.82, 2.24) is 9.80 Å². The van der Waals surface area contributed by atoms with Crippen LogP contribution in [0.5, 0.6) is 5.75 Å². The molecule has 5 nitrogen and oxygen atoms in total. The Morgan fingerprint density at radius 2 is 1.72 bits per heavy atom. The highest BCUT2D eigenvalue weighted by Gasteiger charge is 2.45. The highest BCUT2D eigenvalue weighted by molar-refractivity contribution is 5.69. The Morgan fingerprint density at radius 1 is 1.07 bits per heavy atom. The molecule has 7 heteroatoms. The minimum atomic E-state index is -0.843. The van der Waals surface area contributed by atoms with Crippen molar-refractivity contribution < 1.29 is 23.0 Å². The van der Waals surface area contributed by atoms with Crippen LogP contribution in [-0.4, -0.2) is 60.8 Å². The maximum atomic E-state index is 14.4. The fourth-order valence-electron chi connectivity index (χ4n) is 5.52. The van der Waals surface area contributed by atoms with Gasteiger partial charge in [0.2, 0.25) is 0 Å². The fourth-order valence-corrected chi connectivity index (χ4v) is 5.52. The molecule has 160 valence electrons. The van der Waals surface area contributed by atoms with Crippen LogP contribution in [0.1, 0.15) is 56.9 Å². The number of halogens is 2. The monoisotopic (exact) mass is 408 g/mol. The largest absolute Gasteiger partial charge is 0.497 e. The van der Waals surface area contributed by atoms with Crippen molar-refractivity contribution in [1.29, 1.82) is 0 Å². The molecule has 2 bridgehead atoms. The predicted octanol–water partition coefficient (Wildman–Crippen LogP) is 4.30. The Balaban J connectivity index is 1.38. The van der Waals surface area contributed by atoms with Gasteiger partial charge in [-0.05, 0) is 76.1 Å². The molecule has 0 aromatic heterocycles. The number of likely N-dealkylation sites (tertiary alicyclic amines) is 1. The highest BCUT2D eigenvalue weighted by Crippen LogP contribution is 2.40. The van der Waals surface area contributed by atoms with E-state index in [1.54, 1.807) is 6.07 Å². The fraction of sp³-hybridized carbons (Fsp3) is 0.682. The number of hydrogen-bond donors (Lipinski definition) is 0. The number of nitrogens with zero attached hydrogens (tertiary/aromatic N) is 2. The van der Waals surface area contributed by atoms with E-state index < -0.39 is 11.6 Å². The molecule has 29 heavy (non-hydrogen) atoms. The van der Waals surface area contributed by atoms with Gasteiger partial charge < -0.3 is 19.3 Å². The number of piperidine rings is 2. The number of rotatable bonds is 4. The molecule has 2 unspecified atom stereocenters. The molecule has 0 N–H and O–H groups in total. The number of carbonyl (C=O) groups is 1. The van der Waals surface area contributed by atoms with Gasteiger partial charge in [0.1, 0.15) is 5.75 Å². The van der Waals surface area contributed by atoms with Crippen LogP contribution in [-0.2, 0) is 4.74 Å². The number of carbonyl (C=O) groups excluding carboxylic acids is 1. The highest BCUT2D eigenvalue weighted by atomic mass is 19.2. The normalized spacial score (nSPS) is 27.9. The Hall–Kier alpha value is -1.89. The lowest BCUT2D eigenvalue weighted by atomic mass is 9.86. The molecule has 1 amide bonds. The van der Waals surface area contributed by atoms with Crippen LogP contribution in [0.15, 0.2) is 12.1 Å². The SMILES string of the molecule is CCOC(=O)N1C2CCC1CC(N1CCC(c3cc(OC)cc(F)c3F)CC1)C2. The van der Waals surface area contributed by atoms with E-state index in [2.05, 4.69) is 4.90 Å². The first kappa shape index (κ1) is 20.4. The van der Waals surface area contributed by atoms with Gasteiger partial charge in [-0.1, -0.05) is 0 Å². The average molecular weight is 408 g/mol. The van der Waals surface area contributed by atoms with Gasteiger partial charge in [-0.25, -0.2) is 13.6 Å². The number of benzene rings is 1. The van der Waals surface area contributed by atoms with E-state index in [4.69, 9.17) is 9.47 Å². The lowest BCUT2D eigenvalue weighted by Gasteiger charge is -2.45. The molecule has 3 heterocycles. The minimum absolute atomic E-state index is 0.00666. The van der Waals surface area contributed by atoms with Crippen LogP contribution in [0.25, 0.3) is 0 Å². The molecule has 3 saturated heterocycles. The van der Waals surface area contributed by atoms with Gasteiger partial charge in [0, 0.05) is 24.2 Å². The Labute approximate surface area is 170 Å². The summed E-state index contributed by atoms with van der Waals surface area (Å²) in [5, 5.41) is 0. The standard InChI is InChI=1S/C22H30F2N2O3/c1-3-29-22(27)26-15-4-5-16(26)11-17(10-15)25-8-6-14(7-9-25)19-12-18(28-2)13-20(23)21(19)24/h12-17H,3-11H2,1-2H3. The van der Waals surface area contributed by atoms with E-state index in [-0.39, 0.29) is 24.1 Å². The minimum Gasteiger partial charge on any atom is -0.497 e. The van der Waals surface area contributed by atoms with Crippen molar-refractivity contribution in [3.63, 3.8) is 0 Å². The van der Waals surface area contributed by atoms with Crippen LogP contribution < -0.4 is 4.74 Å². The van der Waals surface area contributed by atoms with E-state index in [1.165, 1.54) is 7.11 Å². The van der Waals surface area contributed by atoms with Gasteiger partial charge >= 0.3 is 6.09 Å². The summed E-state index contributed by atoms with van der Waals surface area (Å²) < 4.78 is 38.6. The quantitative estimate of drug-likeness (QED) is 0.745. The molecule has 4 rings (SSSR count). The van der Waals surface area contributed by atoms with Crippen LogP contribution in [0.2, 0.25) is 0 Å². The van der Waals surface area contributed by atoms with Crippen molar-refractivity contribution in [3.05, 3.63) is 29.3 Å². The van der Waals surface area contributed by atoms with Crippen molar-refractivity contribution >= 4 is 6.09 Å². The molecule has 3 fully saturated rings. The third-order valence-corrected chi connectivity index (χ3v) is 6.94. The molecule has 0 spiro atoms. The summed E-state index contributed by atoms with van der Waals surface area (Å²) >= 11 is 0. The third-order valence-electron chi connectivity index (χ3n) is 6.94. The lowest BCUT2D eigenvalue weighted by molar-refractivity contribution is 0.0340. The van der Waals surface area contributed by atoms with Gasteiger partial charge in [-0.2, -0.15) is 0 Å². The third kappa shape index (κ3) is 3.93. The summed E-state index contributed by atoms with van der Waals surface area (Å²) in [6.45, 7) is 3.99. The zero-order valence-electron chi connectivity index (χ0n) is 17.2. The first-order valence-corrected chi connectivity index (χ1v) is 10.7. The molecule has 1 aromatic rings. The molecule has 3 aliphatic rings. The Bertz CT molecular complexity index is 738. The van der Waals surface area contributed by atoms with Crippen LogP contribution in [0.4, 0.5) is 13.6 Å². The molecule has 0 radical (unpaired) electrons. The molecule has 2 atom stereocenters. The maximum Gasteiger partial charge on any atom is 0.410 e. The number of methoxy groups -OCH3 is 1. The first-order chi connectivity index (χ1) is 14.0. The van der Waals surface area contributed by atoms with Crippen molar-refractivity contribution in [2.24, 2.45) is 0 Å². The Kier molecular flexibility index (Phi) is 5.95. The van der Waals surface area contributed by atoms with E-state index in [0.29, 0.717) is 24.0 Å². The number of amides is 1. The molecule has 0 saturated carbocycles. The van der Waals surface area contributed by atoms with E-state index in [9.17, 15) is 13.6 Å². The molecule has 1 aromatic carbocycles. The second-order valence-electron chi connectivity index (χ2n) is 8.44. The number of ether oxygens (including phenoxy) is 2. The molecular weight excluding hydrogens is 378 g/mol. The molecular formula is C22H30F2N2O3. The predicted molar refractivity (Wildman–Crippen MR) is 105 cm³/mol. The van der Waals surface area contributed by atoms with Gasteiger partial charge in [0.15, 0.2) is 11.6 Å². The summed E-state index contributed by atoms with van der Waals surface area (Å²) in [5.41, 5.74) is 0.429. The summed E-state index contributed by atoms with van der Waals surface area (Å²) in [5.74, 6) is -1.22. The Morgan fingerprint density at radius 3 is 2.31 bits per heavy atom. The second kappa shape index (κ2) is 8.46. The van der Waals surface area contributed by atoms with Gasteiger partial charge in [-0.3, -0.25) is 0 Å². The van der Waals surface area contributed by atoms with Crippen LogP contribution in [0.3, 0.4) is 0 Å². The van der Waals surface area contributed by atoms with Crippen molar-refractivity contribution in [3.8, 4) is 5.75 Å². The average Bonchev–Trinajstić information content (AvgIpc) is 3.00. The summed E-state index contributed by atoms with van der Waals surface area (Å²) in [6, 6.07) is 3.71. The summed E-state index contributed by atoms with van der Waals surface area (Å²) in [6.07, 6.45) is 5.47. The van der Waals surface area contributed by atoms with Gasteiger partial charge in [-0.15, -0.1) is 0 Å². The second-order valence-corrected chi connectivity index (χ2v) is 8.44. The van der Waals surface area contributed by atoms with Crippen LogP contribution >= 0.6 is 0 Å². The van der Waals surface area contributed by atoms with Crippen molar-refractivity contribution in [2.75, 3.05) is 26.8 Å². The van der Waals surface area contributed by atoms with E-state index >= 15 is 0 Å². The smallest absolute Gasteiger partial charge is 0.410 e. The van der Waals surface area contributed by atoms with Crippen LogP contribution in [0, 0.1) is 11.6 Å². The molecule has 3 aliphatic heterocycles. The zero-order valence-corrected chi connectivity index (χ0v) is 17.2. The maximum absolute atomic E-state index is 14.4. The van der Waals surface area contributed by atoms with Gasteiger partial charge in [0.05, 0.1) is 13.7 Å². The number of fused-ring (bicyclic) bond motifs is 2. The van der Waals surface area contributed by atoms with E-state index in [1.807, 2.05) is 11.8 Å². The summed E-state index contributed by atoms with van der Waals surface area (Å²) in [7, 11) is 1.47. The first-order valence-electron chi connectivity index (χ1n) is 10.7. The summed E-state index contributed by atoms with van der Waals surface area (Å²) in [4.78, 5) is 16.7. The zero-order chi connectivity index (χ0) is 20.5. The molecule has 0 aliphatic carbocycles. The lowest BCUT2D eigenvalue weighted by Crippen LogP contribution is -2.53. The number of hydrogen-bond acceptors (Lipinski definition) is 4. The topological polar surface area (TPSA) is 42.0 Å². The van der Waals surface area contributed by atoms with Gasteiger partial charge in [0.25, 0.3) is 0 Å².